The van der Waals surface area contributed by atoms with E-state index >= 15 is 0 Å². The minimum absolute atomic E-state index is 0.137. The second kappa shape index (κ2) is 6.54. The standard InChI is InChI=1S/C14H20FNO3S/c1-2-20(17,18)16-9-3-4-12(10-16)11-19-14-7-5-13(15)6-8-14/h5-8,12H,2-4,9-11H2,1H3. The van der Waals surface area contributed by atoms with Crippen LogP contribution in [0.1, 0.15) is 19.8 Å². The van der Waals surface area contributed by atoms with E-state index in [0.717, 1.165) is 12.8 Å². The molecule has 1 saturated heterocycles. The number of hydrogen-bond acceptors (Lipinski definition) is 3. The van der Waals surface area contributed by atoms with Gasteiger partial charge in [-0.05, 0) is 44.0 Å². The molecule has 0 N–H and O–H groups in total. The summed E-state index contributed by atoms with van der Waals surface area (Å²) in [6.45, 7) is 3.23. The molecule has 4 nitrogen and oxygen atoms in total. The Bertz CT molecular complexity index is 530. The molecule has 1 unspecified atom stereocenters. The summed E-state index contributed by atoms with van der Waals surface area (Å²) in [5, 5.41) is 0. The fraction of sp³-hybridized carbons (Fsp3) is 0.571. The Morgan fingerprint density at radius 2 is 2.05 bits per heavy atom. The first-order valence-corrected chi connectivity index (χ1v) is 8.48. The van der Waals surface area contributed by atoms with Crippen molar-refractivity contribution < 1.29 is 17.5 Å². The summed E-state index contributed by atoms with van der Waals surface area (Å²) in [4.78, 5) is 0. The molecule has 1 aliphatic heterocycles. The third-order valence-electron chi connectivity index (χ3n) is 3.54. The van der Waals surface area contributed by atoms with E-state index in [1.54, 1.807) is 23.4 Å². The number of sulfonamides is 1. The molecule has 1 aromatic rings. The van der Waals surface area contributed by atoms with Gasteiger partial charge in [-0.2, -0.15) is 0 Å². The zero-order valence-electron chi connectivity index (χ0n) is 11.6. The van der Waals surface area contributed by atoms with Gasteiger partial charge in [-0.3, -0.25) is 0 Å². The van der Waals surface area contributed by atoms with E-state index in [0.29, 0.717) is 25.4 Å². The van der Waals surface area contributed by atoms with Gasteiger partial charge >= 0.3 is 0 Å². The SMILES string of the molecule is CCS(=O)(=O)N1CCCC(COc2ccc(F)cc2)C1. The lowest BCUT2D eigenvalue weighted by molar-refractivity contribution is 0.180. The van der Waals surface area contributed by atoms with Crippen molar-refractivity contribution in [3.05, 3.63) is 30.1 Å². The second-order valence-electron chi connectivity index (χ2n) is 5.03. The van der Waals surface area contributed by atoms with Crippen molar-refractivity contribution >= 4 is 10.0 Å². The highest BCUT2D eigenvalue weighted by Crippen LogP contribution is 2.21. The third-order valence-corrected chi connectivity index (χ3v) is 5.39. The van der Waals surface area contributed by atoms with Crippen LogP contribution in [-0.2, 0) is 10.0 Å². The van der Waals surface area contributed by atoms with Gasteiger partial charge in [-0.15, -0.1) is 0 Å². The summed E-state index contributed by atoms with van der Waals surface area (Å²) < 4.78 is 43.6. The summed E-state index contributed by atoms with van der Waals surface area (Å²) in [6, 6.07) is 5.87. The van der Waals surface area contributed by atoms with Crippen molar-refractivity contribution in [3.8, 4) is 5.75 Å². The number of rotatable bonds is 5. The van der Waals surface area contributed by atoms with Crippen LogP contribution in [0.15, 0.2) is 24.3 Å². The van der Waals surface area contributed by atoms with Crippen LogP contribution in [0.2, 0.25) is 0 Å². The van der Waals surface area contributed by atoms with E-state index in [4.69, 9.17) is 4.74 Å². The minimum atomic E-state index is -3.11. The molecule has 1 heterocycles. The first-order chi connectivity index (χ1) is 9.51. The quantitative estimate of drug-likeness (QED) is 0.838. The Hall–Kier alpha value is -1.14. The van der Waals surface area contributed by atoms with Crippen LogP contribution in [0.25, 0.3) is 0 Å². The molecule has 0 aromatic heterocycles. The molecule has 1 aromatic carbocycles. The smallest absolute Gasteiger partial charge is 0.213 e. The largest absolute Gasteiger partial charge is 0.493 e. The normalized spacial score (nSPS) is 20.8. The fourth-order valence-corrected chi connectivity index (χ4v) is 3.55. The molecule has 1 aliphatic rings. The van der Waals surface area contributed by atoms with Gasteiger partial charge in [-0.1, -0.05) is 0 Å². The number of halogens is 1. The molecule has 0 spiro atoms. The molecule has 2 rings (SSSR count). The monoisotopic (exact) mass is 301 g/mol. The van der Waals surface area contributed by atoms with Gasteiger partial charge in [0.1, 0.15) is 11.6 Å². The van der Waals surface area contributed by atoms with Crippen LogP contribution >= 0.6 is 0 Å². The molecule has 112 valence electrons. The molecule has 20 heavy (non-hydrogen) atoms. The lowest BCUT2D eigenvalue weighted by Gasteiger charge is -2.31. The Kier molecular flexibility index (Phi) is 4.99. The number of nitrogens with zero attached hydrogens (tertiary/aromatic N) is 1. The zero-order valence-corrected chi connectivity index (χ0v) is 12.4. The maximum atomic E-state index is 12.8. The summed E-state index contributed by atoms with van der Waals surface area (Å²) in [6.07, 6.45) is 1.81. The van der Waals surface area contributed by atoms with Crippen LogP contribution in [0.5, 0.6) is 5.75 Å². The molecule has 1 fully saturated rings. The molecule has 6 heteroatoms. The predicted molar refractivity (Wildman–Crippen MR) is 75.7 cm³/mol. The topological polar surface area (TPSA) is 46.6 Å². The van der Waals surface area contributed by atoms with Gasteiger partial charge in [0.05, 0.1) is 12.4 Å². The average Bonchev–Trinajstić information content (AvgIpc) is 2.47. The molecule has 0 bridgehead atoms. The highest BCUT2D eigenvalue weighted by Gasteiger charge is 2.27. The lowest BCUT2D eigenvalue weighted by atomic mass is 10.0. The first-order valence-electron chi connectivity index (χ1n) is 6.87. The number of ether oxygens (including phenoxy) is 1. The average molecular weight is 301 g/mol. The molecular formula is C14H20FNO3S. The van der Waals surface area contributed by atoms with Gasteiger partial charge in [-0.25, -0.2) is 17.1 Å². The number of piperidine rings is 1. The Morgan fingerprint density at radius 1 is 1.35 bits per heavy atom. The number of hydrogen-bond donors (Lipinski definition) is 0. The van der Waals surface area contributed by atoms with Gasteiger partial charge in [0, 0.05) is 19.0 Å². The molecule has 1 atom stereocenters. The van der Waals surface area contributed by atoms with E-state index in [9.17, 15) is 12.8 Å². The van der Waals surface area contributed by atoms with Crippen LogP contribution in [0.4, 0.5) is 4.39 Å². The van der Waals surface area contributed by atoms with Crippen molar-refractivity contribution in [1.29, 1.82) is 0 Å². The Morgan fingerprint density at radius 3 is 2.70 bits per heavy atom. The minimum Gasteiger partial charge on any atom is -0.493 e. The predicted octanol–water partition coefficient (Wildman–Crippen LogP) is 2.27. The van der Waals surface area contributed by atoms with Crippen molar-refractivity contribution in [2.75, 3.05) is 25.4 Å². The molecule has 0 radical (unpaired) electrons. The first kappa shape index (κ1) is 15.3. The fourth-order valence-electron chi connectivity index (χ4n) is 2.34. The summed E-state index contributed by atoms with van der Waals surface area (Å²) in [5.74, 6) is 0.644. The Balaban J connectivity index is 1.88. The number of benzene rings is 1. The lowest BCUT2D eigenvalue weighted by Crippen LogP contribution is -2.42. The van der Waals surface area contributed by atoms with Crippen molar-refractivity contribution in [2.24, 2.45) is 5.92 Å². The third kappa shape index (κ3) is 3.93. The molecule has 0 saturated carbocycles. The van der Waals surface area contributed by atoms with E-state index in [2.05, 4.69) is 0 Å². The summed E-state index contributed by atoms with van der Waals surface area (Å²) >= 11 is 0. The van der Waals surface area contributed by atoms with Gasteiger partial charge in [0.25, 0.3) is 0 Å². The zero-order chi connectivity index (χ0) is 14.6. The summed E-state index contributed by atoms with van der Waals surface area (Å²) in [5.41, 5.74) is 0. The van der Waals surface area contributed by atoms with E-state index in [1.807, 2.05) is 0 Å². The van der Waals surface area contributed by atoms with E-state index in [1.165, 1.54) is 12.1 Å². The highest BCUT2D eigenvalue weighted by molar-refractivity contribution is 7.89. The Labute approximate surface area is 119 Å². The maximum Gasteiger partial charge on any atom is 0.213 e. The van der Waals surface area contributed by atoms with Gasteiger partial charge in [0.2, 0.25) is 10.0 Å². The molecule has 0 amide bonds. The van der Waals surface area contributed by atoms with Crippen LogP contribution in [-0.4, -0.2) is 38.2 Å². The van der Waals surface area contributed by atoms with Crippen LogP contribution < -0.4 is 4.74 Å². The maximum absolute atomic E-state index is 12.8. The van der Waals surface area contributed by atoms with Crippen molar-refractivity contribution in [2.45, 2.75) is 19.8 Å². The molecular weight excluding hydrogens is 281 g/mol. The van der Waals surface area contributed by atoms with E-state index < -0.39 is 10.0 Å². The summed E-state index contributed by atoms with van der Waals surface area (Å²) in [7, 11) is -3.11. The second-order valence-corrected chi connectivity index (χ2v) is 7.29. The van der Waals surface area contributed by atoms with Gasteiger partial charge < -0.3 is 4.74 Å². The van der Waals surface area contributed by atoms with Gasteiger partial charge in [0.15, 0.2) is 0 Å². The molecule has 0 aliphatic carbocycles. The van der Waals surface area contributed by atoms with Crippen LogP contribution in [0, 0.1) is 11.7 Å². The van der Waals surface area contributed by atoms with Crippen molar-refractivity contribution in [3.63, 3.8) is 0 Å². The van der Waals surface area contributed by atoms with E-state index in [-0.39, 0.29) is 17.5 Å². The van der Waals surface area contributed by atoms with Crippen molar-refractivity contribution in [1.82, 2.24) is 4.31 Å². The van der Waals surface area contributed by atoms with Crippen LogP contribution in [0.3, 0.4) is 0 Å². The highest BCUT2D eigenvalue weighted by atomic mass is 32.2.